The number of nitrogens with zero attached hydrogens (tertiary/aromatic N) is 2. The largest absolute Gasteiger partial charge is 0.383 e. The highest BCUT2D eigenvalue weighted by Crippen LogP contribution is 2.25. The number of aryl methyl sites for hydroxylation is 2. The molecule has 0 aromatic carbocycles. The van der Waals surface area contributed by atoms with E-state index < -0.39 is 0 Å². The van der Waals surface area contributed by atoms with Gasteiger partial charge in [0.25, 0.3) is 0 Å². The summed E-state index contributed by atoms with van der Waals surface area (Å²) in [5, 5.41) is 3.99. The second kappa shape index (κ2) is 4.35. The molecule has 0 saturated carbocycles. The van der Waals surface area contributed by atoms with Gasteiger partial charge in [-0.05, 0) is 25.5 Å². The molecule has 0 aliphatic heterocycles. The van der Waals surface area contributed by atoms with E-state index in [1.54, 1.807) is 0 Å². The Balaban J connectivity index is 2.35. The zero-order valence-electron chi connectivity index (χ0n) is 9.53. The van der Waals surface area contributed by atoms with Crippen LogP contribution in [0.5, 0.6) is 0 Å². The van der Waals surface area contributed by atoms with E-state index in [-0.39, 0.29) is 0 Å². The minimum absolute atomic E-state index is 0.485. The summed E-state index contributed by atoms with van der Waals surface area (Å²) >= 11 is 0. The number of hydrogen-bond acceptors (Lipinski definition) is 4. The summed E-state index contributed by atoms with van der Waals surface area (Å²) in [6.45, 7) is 4.01. The molecule has 2 N–H and O–H groups in total. The van der Waals surface area contributed by atoms with E-state index in [0.29, 0.717) is 11.6 Å². The number of rotatable bonds is 3. The summed E-state index contributed by atoms with van der Waals surface area (Å²) in [6.07, 6.45) is 1.97. The molecule has 0 aliphatic rings. The Hall–Kier alpha value is -1.84. The highest BCUT2D eigenvalue weighted by Gasteiger charge is 2.10. The van der Waals surface area contributed by atoms with Crippen LogP contribution < -0.4 is 5.73 Å². The van der Waals surface area contributed by atoms with Gasteiger partial charge in [0, 0.05) is 11.8 Å². The fraction of sp³-hybridized carbons (Fsp3) is 0.333. The summed E-state index contributed by atoms with van der Waals surface area (Å²) in [6, 6.07) is 5.74. The topological polar surface area (TPSA) is 64.9 Å². The van der Waals surface area contributed by atoms with Crippen LogP contribution in [0.4, 0.5) is 5.82 Å². The van der Waals surface area contributed by atoms with E-state index in [2.05, 4.69) is 17.1 Å². The van der Waals surface area contributed by atoms with Crippen molar-refractivity contribution in [2.24, 2.45) is 0 Å². The molecular formula is C12H15N3O. The van der Waals surface area contributed by atoms with Gasteiger partial charge in [-0.2, -0.15) is 0 Å². The number of hydrogen-bond donors (Lipinski definition) is 1. The van der Waals surface area contributed by atoms with Gasteiger partial charge in [0.1, 0.15) is 5.82 Å². The summed E-state index contributed by atoms with van der Waals surface area (Å²) in [5.41, 5.74) is 8.50. The normalized spacial score (nSPS) is 10.6. The smallest absolute Gasteiger partial charge is 0.170 e. The standard InChI is InChI=1S/C12H15N3O/c1-3-4-9-7-11(16-15-9)10-6-5-8(2)14-12(10)13/h5-7H,3-4H2,1-2H3,(H2,13,14). The first-order valence-corrected chi connectivity index (χ1v) is 5.39. The zero-order chi connectivity index (χ0) is 11.5. The Morgan fingerprint density at radius 2 is 2.19 bits per heavy atom. The van der Waals surface area contributed by atoms with Crippen LogP contribution in [0.1, 0.15) is 24.7 Å². The number of pyridine rings is 1. The average molecular weight is 217 g/mol. The lowest BCUT2D eigenvalue weighted by Gasteiger charge is -2.00. The van der Waals surface area contributed by atoms with Crippen LogP contribution in [0.3, 0.4) is 0 Å². The fourth-order valence-corrected chi connectivity index (χ4v) is 1.60. The van der Waals surface area contributed by atoms with Crippen molar-refractivity contribution in [3.63, 3.8) is 0 Å². The van der Waals surface area contributed by atoms with Crippen molar-refractivity contribution in [2.75, 3.05) is 5.73 Å². The van der Waals surface area contributed by atoms with E-state index >= 15 is 0 Å². The Bertz CT molecular complexity index is 491. The maximum absolute atomic E-state index is 5.84. The zero-order valence-corrected chi connectivity index (χ0v) is 9.53. The molecule has 2 rings (SSSR count). The first-order chi connectivity index (χ1) is 7.70. The molecule has 16 heavy (non-hydrogen) atoms. The Labute approximate surface area is 94.5 Å². The Morgan fingerprint density at radius 1 is 1.38 bits per heavy atom. The molecule has 0 amide bonds. The first kappa shape index (κ1) is 10.7. The summed E-state index contributed by atoms with van der Waals surface area (Å²) in [4.78, 5) is 4.20. The van der Waals surface area contributed by atoms with Gasteiger partial charge in [0.05, 0.1) is 11.3 Å². The van der Waals surface area contributed by atoms with Crippen molar-refractivity contribution in [3.8, 4) is 11.3 Å². The minimum atomic E-state index is 0.485. The Kier molecular flexibility index (Phi) is 2.90. The third kappa shape index (κ3) is 2.05. The molecule has 0 fully saturated rings. The molecule has 0 unspecified atom stereocenters. The molecule has 0 spiro atoms. The monoisotopic (exact) mass is 217 g/mol. The predicted molar refractivity (Wildman–Crippen MR) is 62.9 cm³/mol. The van der Waals surface area contributed by atoms with Gasteiger partial charge in [-0.3, -0.25) is 0 Å². The van der Waals surface area contributed by atoms with Crippen LogP contribution in [0.15, 0.2) is 22.7 Å². The van der Waals surface area contributed by atoms with Crippen molar-refractivity contribution in [1.82, 2.24) is 10.1 Å². The van der Waals surface area contributed by atoms with Gasteiger partial charge in [0.15, 0.2) is 5.76 Å². The maximum Gasteiger partial charge on any atom is 0.170 e. The summed E-state index contributed by atoms with van der Waals surface area (Å²) in [5.74, 6) is 1.17. The third-order valence-corrected chi connectivity index (χ3v) is 2.39. The molecule has 4 heteroatoms. The van der Waals surface area contributed by atoms with Gasteiger partial charge in [0.2, 0.25) is 0 Å². The lowest BCUT2D eigenvalue weighted by Crippen LogP contribution is -1.94. The van der Waals surface area contributed by atoms with Crippen LogP contribution in [-0.4, -0.2) is 10.1 Å². The molecule has 0 atom stereocenters. The minimum Gasteiger partial charge on any atom is -0.383 e. The molecule has 0 bridgehead atoms. The fourth-order valence-electron chi connectivity index (χ4n) is 1.60. The number of anilines is 1. The maximum atomic E-state index is 5.84. The molecule has 4 nitrogen and oxygen atoms in total. The molecular weight excluding hydrogens is 202 g/mol. The van der Waals surface area contributed by atoms with Crippen LogP contribution in [0.25, 0.3) is 11.3 Å². The van der Waals surface area contributed by atoms with Gasteiger partial charge >= 0.3 is 0 Å². The molecule has 2 heterocycles. The molecule has 0 saturated heterocycles. The van der Waals surface area contributed by atoms with Crippen molar-refractivity contribution in [2.45, 2.75) is 26.7 Å². The highest BCUT2D eigenvalue weighted by atomic mass is 16.5. The van der Waals surface area contributed by atoms with Gasteiger partial charge in [-0.15, -0.1) is 0 Å². The van der Waals surface area contributed by atoms with E-state index in [0.717, 1.165) is 29.8 Å². The average Bonchev–Trinajstić information content (AvgIpc) is 2.67. The first-order valence-electron chi connectivity index (χ1n) is 5.39. The van der Waals surface area contributed by atoms with Gasteiger partial charge < -0.3 is 10.3 Å². The number of aromatic nitrogens is 2. The highest BCUT2D eigenvalue weighted by molar-refractivity contribution is 5.69. The molecule has 2 aromatic rings. The second-order valence-corrected chi connectivity index (χ2v) is 3.82. The molecule has 0 aliphatic carbocycles. The van der Waals surface area contributed by atoms with E-state index in [9.17, 15) is 0 Å². The van der Waals surface area contributed by atoms with Gasteiger partial charge in [-0.25, -0.2) is 4.98 Å². The van der Waals surface area contributed by atoms with Crippen molar-refractivity contribution < 1.29 is 4.52 Å². The van der Waals surface area contributed by atoms with Crippen LogP contribution in [0, 0.1) is 6.92 Å². The van der Waals surface area contributed by atoms with E-state index in [1.165, 1.54) is 0 Å². The van der Waals surface area contributed by atoms with Crippen LogP contribution >= 0.6 is 0 Å². The lowest BCUT2D eigenvalue weighted by atomic mass is 10.1. The predicted octanol–water partition coefficient (Wildman–Crippen LogP) is 2.58. The van der Waals surface area contributed by atoms with Crippen LogP contribution in [-0.2, 0) is 6.42 Å². The van der Waals surface area contributed by atoms with Gasteiger partial charge in [-0.1, -0.05) is 18.5 Å². The molecule has 84 valence electrons. The van der Waals surface area contributed by atoms with E-state index in [1.807, 2.05) is 25.1 Å². The van der Waals surface area contributed by atoms with E-state index in [4.69, 9.17) is 10.3 Å². The quantitative estimate of drug-likeness (QED) is 0.858. The number of nitrogen functional groups attached to an aromatic ring is 1. The van der Waals surface area contributed by atoms with Crippen molar-refractivity contribution >= 4 is 5.82 Å². The lowest BCUT2D eigenvalue weighted by molar-refractivity contribution is 0.423. The molecule has 2 aromatic heterocycles. The summed E-state index contributed by atoms with van der Waals surface area (Å²) < 4.78 is 5.25. The second-order valence-electron chi connectivity index (χ2n) is 3.82. The SMILES string of the molecule is CCCc1cc(-c2ccc(C)nc2N)on1. The summed E-state index contributed by atoms with van der Waals surface area (Å²) in [7, 11) is 0. The van der Waals surface area contributed by atoms with Crippen molar-refractivity contribution in [3.05, 3.63) is 29.6 Å². The number of nitrogens with two attached hydrogens (primary N) is 1. The molecule has 0 radical (unpaired) electrons. The Morgan fingerprint density at radius 3 is 2.88 bits per heavy atom. The van der Waals surface area contributed by atoms with Crippen LogP contribution in [0.2, 0.25) is 0 Å². The van der Waals surface area contributed by atoms with Crippen molar-refractivity contribution in [1.29, 1.82) is 0 Å². The third-order valence-electron chi connectivity index (χ3n) is 2.39.